The molecule has 0 saturated heterocycles. The number of hydrogen-bond donors (Lipinski definition) is 1. The Morgan fingerprint density at radius 1 is 0.393 bits per heavy atom. The lowest BCUT2D eigenvalue weighted by molar-refractivity contribution is -0.161. The summed E-state index contributed by atoms with van der Waals surface area (Å²) < 4.78 is 10.6. The van der Waals surface area contributed by atoms with Gasteiger partial charge in [-0.2, -0.15) is 0 Å². The standard InChI is InChI=1S/C56H88O5/c1-3-5-7-9-11-13-15-17-19-20-21-22-23-24-25-26-27-28-29-30-31-32-33-34-35-36-37-39-41-43-45-47-49-51-56(59)61-54(52-57)53-60-55(58)50-48-46-44-42-40-38-18-16-14-12-10-8-6-4-2/h5,7,10-13,16-19,21-22,24-25,27-28,30-31,33-34,36-37,54,57H,3-4,6,8-9,14-15,20,23,26,29,32,35,38-53H2,1-2H3/b7-5-,12-10-,13-11-,18-16-,19-17-,22-21-,25-24-,28-27-,31-30-,34-33-,37-36-. The SMILES string of the molecule is CC/C=C\C/C=C\C/C=C\C/C=C\C/C=C\C/C=C\C/C=C\C/C=C\C/C=C\CCCCCCCC(=O)OC(CO)COC(=O)CCCCCCC/C=C\C/C=C\CCCC. The molecule has 0 aliphatic carbocycles. The maximum Gasteiger partial charge on any atom is 0.306 e. The molecule has 5 nitrogen and oxygen atoms in total. The maximum absolute atomic E-state index is 12.2. The first-order valence-electron chi connectivity index (χ1n) is 24.2. The van der Waals surface area contributed by atoms with Crippen LogP contribution in [0.15, 0.2) is 134 Å². The van der Waals surface area contributed by atoms with Crippen LogP contribution in [-0.4, -0.2) is 36.4 Å². The molecule has 0 aromatic rings. The second kappa shape index (κ2) is 50.4. The van der Waals surface area contributed by atoms with Crippen LogP contribution in [0.4, 0.5) is 0 Å². The first-order chi connectivity index (χ1) is 30.1. The topological polar surface area (TPSA) is 72.8 Å². The smallest absolute Gasteiger partial charge is 0.306 e. The highest BCUT2D eigenvalue weighted by molar-refractivity contribution is 5.70. The molecule has 0 amide bonds. The van der Waals surface area contributed by atoms with Crippen molar-refractivity contribution in [1.82, 2.24) is 0 Å². The van der Waals surface area contributed by atoms with E-state index in [4.69, 9.17) is 9.47 Å². The van der Waals surface area contributed by atoms with E-state index in [1.807, 2.05) is 0 Å². The Morgan fingerprint density at radius 2 is 0.705 bits per heavy atom. The molecule has 0 aromatic heterocycles. The third-order valence-electron chi connectivity index (χ3n) is 9.68. The summed E-state index contributed by atoms with van der Waals surface area (Å²) in [5.74, 6) is -0.642. The zero-order valence-corrected chi connectivity index (χ0v) is 38.9. The number of unbranched alkanes of at least 4 members (excludes halogenated alkanes) is 12. The molecule has 0 radical (unpaired) electrons. The van der Waals surface area contributed by atoms with Crippen molar-refractivity contribution >= 4 is 11.9 Å². The molecule has 0 heterocycles. The first-order valence-corrected chi connectivity index (χ1v) is 24.2. The fraction of sp³-hybridized carbons (Fsp3) is 0.571. The van der Waals surface area contributed by atoms with Crippen molar-refractivity contribution in [3.63, 3.8) is 0 Å². The van der Waals surface area contributed by atoms with Crippen LogP contribution in [0.25, 0.3) is 0 Å². The average molecular weight is 841 g/mol. The number of rotatable bonds is 42. The molecule has 0 aliphatic rings. The number of ether oxygens (including phenoxy) is 2. The molecule has 342 valence electrons. The van der Waals surface area contributed by atoms with Gasteiger partial charge in [0.15, 0.2) is 6.10 Å². The van der Waals surface area contributed by atoms with Crippen molar-refractivity contribution in [2.24, 2.45) is 0 Å². The zero-order chi connectivity index (χ0) is 44.2. The minimum absolute atomic E-state index is 0.0900. The van der Waals surface area contributed by atoms with E-state index in [1.54, 1.807) is 0 Å². The van der Waals surface area contributed by atoms with E-state index in [0.717, 1.165) is 135 Å². The first kappa shape index (κ1) is 57.0. The summed E-state index contributed by atoms with van der Waals surface area (Å²) in [5, 5.41) is 9.59. The van der Waals surface area contributed by atoms with Crippen LogP contribution in [-0.2, 0) is 19.1 Å². The van der Waals surface area contributed by atoms with Gasteiger partial charge < -0.3 is 14.6 Å². The Kier molecular flexibility index (Phi) is 47.1. The number of aliphatic hydroxyl groups excluding tert-OH is 1. The van der Waals surface area contributed by atoms with Gasteiger partial charge in [0.2, 0.25) is 0 Å². The van der Waals surface area contributed by atoms with E-state index >= 15 is 0 Å². The number of hydrogen-bond acceptors (Lipinski definition) is 5. The van der Waals surface area contributed by atoms with Gasteiger partial charge >= 0.3 is 11.9 Å². The number of carbonyl (C=O) groups excluding carboxylic acids is 2. The lowest BCUT2D eigenvalue weighted by Crippen LogP contribution is -2.28. The van der Waals surface area contributed by atoms with Gasteiger partial charge in [0, 0.05) is 12.8 Å². The van der Waals surface area contributed by atoms with E-state index in [9.17, 15) is 14.7 Å². The predicted molar refractivity (Wildman–Crippen MR) is 264 cm³/mol. The zero-order valence-electron chi connectivity index (χ0n) is 38.9. The lowest BCUT2D eigenvalue weighted by Gasteiger charge is -2.15. The molecule has 0 aromatic carbocycles. The number of esters is 2. The highest BCUT2D eigenvalue weighted by Gasteiger charge is 2.16. The Labute approximate surface area is 375 Å². The number of carbonyl (C=O) groups is 2. The lowest BCUT2D eigenvalue weighted by atomic mass is 10.1. The summed E-state index contributed by atoms with van der Waals surface area (Å²) in [6.07, 6.45) is 75.3. The minimum Gasteiger partial charge on any atom is -0.462 e. The molecular formula is C56H88O5. The molecule has 0 saturated carbocycles. The van der Waals surface area contributed by atoms with Crippen molar-refractivity contribution in [3.8, 4) is 0 Å². The minimum atomic E-state index is -0.798. The van der Waals surface area contributed by atoms with E-state index in [-0.39, 0.29) is 25.2 Å². The van der Waals surface area contributed by atoms with E-state index in [2.05, 4.69) is 148 Å². The van der Waals surface area contributed by atoms with E-state index < -0.39 is 6.10 Å². The summed E-state index contributed by atoms with van der Waals surface area (Å²) in [4.78, 5) is 24.4. The van der Waals surface area contributed by atoms with Gasteiger partial charge in [-0.3, -0.25) is 9.59 Å². The molecule has 0 rings (SSSR count). The van der Waals surface area contributed by atoms with Crippen LogP contribution in [0.2, 0.25) is 0 Å². The summed E-state index contributed by atoms with van der Waals surface area (Å²) in [6, 6.07) is 0. The van der Waals surface area contributed by atoms with Gasteiger partial charge in [0.25, 0.3) is 0 Å². The largest absolute Gasteiger partial charge is 0.462 e. The van der Waals surface area contributed by atoms with Gasteiger partial charge in [0.05, 0.1) is 6.61 Å². The van der Waals surface area contributed by atoms with Crippen LogP contribution in [0, 0.1) is 0 Å². The highest BCUT2D eigenvalue weighted by Crippen LogP contribution is 2.11. The van der Waals surface area contributed by atoms with Crippen LogP contribution >= 0.6 is 0 Å². The van der Waals surface area contributed by atoms with Gasteiger partial charge in [-0.25, -0.2) is 0 Å². The van der Waals surface area contributed by atoms with Crippen molar-refractivity contribution < 1.29 is 24.2 Å². The van der Waals surface area contributed by atoms with Crippen molar-refractivity contribution in [1.29, 1.82) is 0 Å². The van der Waals surface area contributed by atoms with Gasteiger partial charge in [0.1, 0.15) is 6.61 Å². The fourth-order valence-corrected chi connectivity index (χ4v) is 6.03. The Balaban J connectivity index is 3.68. The van der Waals surface area contributed by atoms with Crippen molar-refractivity contribution in [2.45, 2.75) is 193 Å². The third kappa shape index (κ3) is 48.6. The van der Waals surface area contributed by atoms with Gasteiger partial charge in [-0.1, -0.05) is 199 Å². The number of aliphatic hydroxyl groups is 1. The fourth-order valence-electron chi connectivity index (χ4n) is 6.03. The summed E-state index contributed by atoms with van der Waals surface area (Å²) >= 11 is 0. The monoisotopic (exact) mass is 841 g/mol. The molecule has 1 N–H and O–H groups in total. The van der Waals surface area contributed by atoms with Crippen LogP contribution in [0.5, 0.6) is 0 Å². The second-order valence-corrected chi connectivity index (χ2v) is 15.4. The van der Waals surface area contributed by atoms with Crippen LogP contribution in [0.1, 0.15) is 187 Å². The van der Waals surface area contributed by atoms with Gasteiger partial charge in [-0.15, -0.1) is 0 Å². The molecule has 0 fully saturated rings. The molecule has 61 heavy (non-hydrogen) atoms. The Morgan fingerprint density at radius 3 is 1.07 bits per heavy atom. The van der Waals surface area contributed by atoms with Crippen molar-refractivity contribution in [3.05, 3.63) is 134 Å². The second-order valence-electron chi connectivity index (χ2n) is 15.4. The van der Waals surface area contributed by atoms with Crippen molar-refractivity contribution in [2.75, 3.05) is 13.2 Å². The highest BCUT2D eigenvalue weighted by atomic mass is 16.6. The summed E-state index contributed by atoms with van der Waals surface area (Å²) in [6.45, 7) is 3.94. The molecule has 1 unspecified atom stereocenters. The Bertz CT molecular complexity index is 1320. The predicted octanol–water partition coefficient (Wildman–Crippen LogP) is 16.1. The number of allylic oxidation sites excluding steroid dienone is 22. The van der Waals surface area contributed by atoms with Gasteiger partial charge in [-0.05, 0) is 109 Å². The van der Waals surface area contributed by atoms with Crippen LogP contribution < -0.4 is 0 Å². The molecule has 1 atom stereocenters. The van der Waals surface area contributed by atoms with Crippen LogP contribution in [0.3, 0.4) is 0 Å². The maximum atomic E-state index is 12.2. The van der Waals surface area contributed by atoms with E-state index in [1.165, 1.54) is 25.7 Å². The normalized spacial score (nSPS) is 13.4. The molecule has 0 spiro atoms. The van der Waals surface area contributed by atoms with E-state index in [0.29, 0.717) is 12.8 Å². The average Bonchev–Trinajstić information content (AvgIpc) is 3.26. The molecule has 0 bridgehead atoms. The third-order valence-corrected chi connectivity index (χ3v) is 9.68. The molecule has 5 heteroatoms. The summed E-state index contributed by atoms with van der Waals surface area (Å²) in [5.41, 5.74) is 0. The quantitative estimate of drug-likeness (QED) is 0.0376. The summed E-state index contributed by atoms with van der Waals surface area (Å²) in [7, 11) is 0. The molecular weight excluding hydrogens is 753 g/mol. The molecule has 0 aliphatic heterocycles. The Hall–Kier alpha value is -3.96.